The smallest absolute Gasteiger partial charge is 0.254 e. The topological polar surface area (TPSA) is 63.7 Å². The molecule has 0 saturated carbocycles. The van der Waals surface area contributed by atoms with Crippen molar-refractivity contribution in [3.63, 3.8) is 0 Å². The van der Waals surface area contributed by atoms with Crippen LogP contribution in [0, 0.1) is 13.8 Å². The number of hydrogen-bond acceptors (Lipinski definition) is 4. The minimum atomic E-state index is -3.03. The van der Waals surface area contributed by atoms with Crippen molar-refractivity contribution >= 4 is 15.7 Å². The van der Waals surface area contributed by atoms with Crippen LogP contribution in [0.25, 0.3) is 0 Å². The van der Waals surface area contributed by atoms with E-state index in [-0.39, 0.29) is 23.5 Å². The van der Waals surface area contributed by atoms with Crippen LogP contribution in [0.2, 0.25) is 0 Å². The maximum Gasteiger partial charge on any atom is 0.254 e. The fourth-order valence-corrected chi connectivity index (χ4v) is 4.79. The van der Waals surface area contributed by atoms with E-state index < -0.39 is 9.84 Å². The number of aryl methyl sites for hydroxylation is 2. The van der Waals surface area contributed by atoms with Gasteiger partial charge in [-0.05, 0) is 38.3 Å². The van der Waals surface area contributed by atoms with Crippen molar-refractivity contribution in [1.82, 2.24) is 4.90 Å². The average molecular weight is 339 g/mol. The van der Waals surface area contributed by atoms with Crippen LogP contribution in [0.4, 0.5) is 0 Å². The second-order valence-corrected chi connectivity index (χ2v) is 8.45. The Morgan fingerprint density at radius 1 is 1.35 bits per heavy atom. The fraction of sp³-hybridized carbons (Fsp3) is 0.588. The Morgan fingerprint density at radius 3 is 2.65 bits per heavy atom. The molecular weight excluding hydrogens is 314 g/mol. The SMILES string of the molecule is COCCCN(C(=O)c1ccc(C)cc1C)C1CCS(=O)(=O)C1. The van der Waals surface area contributed by atoms with E-state index in [1.54, 1.807) is 12.0 Å². The van der Waals surface area contributed by atoms with Crippen molar-refractivity contribution in [3.8, 4) is 0 Å². The van der Waals surface area contributed by atoms with Gasteiger partial charge in [-0.15, -0.1) is 0 Å². The second-order valence-electron chi connectivity index (χ2n) is 6.22. The van der Waals surface area contributed by atoms with Gasteiger partial charge in [0.2, 0.25) is 0 Å². The Kier molecular flexibility index (Phi) is 5.81. The molecule has 5 nitrogen and oxygen atoms in total. The Balaban J connectivity index is 2.23. The molecule has 128 valence electrons. The zero-order valence-corrected chi connectivity index (χ0v) is 14.9. The number of carbonyl (C=O) groups excluding carboxylic acids is 1. The molecule has 0 bridgehead atoms. The van der Waals surface area contributed by atoms with Crippen LogP contribution in [-0.4, -0.2) is 57.0 Å². The van der Waals surface area contributed by atoms with Crippen molar-refractivity contribution in [3.05, 3.63) is 34.9 Å². The van der Waals surface area contributed by atoms with E-state index in [2.05, 4.69) is 0 Å². The highest BCUT2D eigenvalue weighted by atomic mass is 32.2. The first-order valence-corrected chi connectivity index (χ1v) is 9.74. The minimum absolute atomic E-state index is 0.0661. The van der Waals surface area contributed by atoms with E-state index >= 15 is 0 Å². The number of sulfone groups is 1. The summed E-state index contributed by atoms with van der Waals surface area (Å²) >= 11 is 0. The molecular formula is C17H25NO4S. The maximum absolute atomic E-state index is 13.0. The van der Waals surface area contributed by atoms with Gasteiger partial charge in [0, 0.05) is 31.9 Å². The van der Waals surface area contributed by atoms with Crippen LogP contribution < -0.4 is 0 Å². The van der Waals surface area contributed by atoms with Crippen LogP contribution in [0.5, 0.6) is 0 Å². The molecule has 0 aliphatic carbocycles. The lowest BCUT2D eigenvalue weighted by atomic mass is 10.0. The number of rotatable bonds is 6. The van der Waals surface area contributed by atoms with Crippen LogP contribution in [0.3, 0.4) is 0 Å². The summed E-state index contributed by atoms with van der Waals surface area (Å²) in [6.45, 7) is 4.97. The molecule has 0 aromatic heterocycles. The summed E-state index contributed by atoms with van der Waals surface area (Å²) in [4.78, 5) is 14.7. The van der Waals surface area contributed by atoms with Crippen LogP contribution in [-0.2, 0) is 14.6 Å². The number of amides is 1. The average Bonchev–Trinajstić information content (AvgIpc) is 2.83. The van der Waals surface area contributed by atoms with Crippen molar-refractivity contribution < 1.29 is 17.9 Å². The van der Waals surface area contributed by atoms with Gasteiger partial charge in [-0.1, -0.05) is 17.7 Å². The Hall–Kier alpha value is -1.40. The summed E-state index contributed by atoms with van der Waals surface area (Å²) < 4.78 is 28.6. The van der Waals surface area contributed by atoms with Crippen molar-refractivity contribution in [1.29, 1.82) is 0 Å². The standard InChI is InChI=1S/C17H25NO4S/c1-13-5-6-16(14(2)11-13)17(19)18(8-4-9-22-3)15-7-10-23(20,21)12-15/h5-6,11,15H,4,7-10,12H2,1-3H3. The zero-order chi connectivity index (χ0) is 17.0. The lowest BCUT2D eigenvalue weighted by Crippen LogP contribution is -2.42. The number of methoxy groups -OCH3 is 1. The fourth-order valence-electron chi connectivity index (χ4n) is 3.06. The molecule has 0 spiro atoms. The van der Waals surface area contributed by atoms with E-state index in [1.165, 1.54) is 0 Å². The molecule has 1 aromatic carbocycles. The third-order valence-corrected chi connectivity index (χ3v) is 6.02. The monoisotopic (exact) mass is 339 g/mol. The summed E-state index contributed by atoms with van der Waals surface area (Å²) in [7, 11) is -1.41. The van der Waals surface area contributed by atoms with Gasteiger partial charge in [0.25, 0.3) is 5.91 Å². The third-order valence-electron chi connectivity index (χ3n) is 4.27. The van der Waals surface area contributed by atoms with Gasteiger partial charge in [-0.2, -0.15) is 0 Å². The van der Waals surface area contributed by atoms with Crippen molar-refractivity contribution in [2.24, 2.45) is 0 Å². The van der Waals surface area contributed by atoms with Gasteiger partial charge in [0.05, 0.1) is 11.5 Å². The Bertz CT molecular complexity index is 669. The van der Waals surface area contributed by atoms with E-state index in [0.717, 1.165) is 11.1 Å². The van der Waals surface area contributed by atoms with Gasteiger partial charge >= 0.3 is 0 Å². The lowest BCUT2D eigenvalue weighted by molar-refractivity contribution is 0.0673. The molecule has 2 rings (SSSR count). The highest BCUT2D eigenvalue weighted by Crippen LogP contribution is 2.22. The number of benzene rings is 1. The molecule has 6 heteroatoms. The van der Waals surface area contributed by atoms with Gasteiger partial charge in [-0.3, -0.25) is 4.79 Å². The highest BCUT2D eigenvalue weighted by molar-refractivity contribution is 7.91. The molecule has 23 heavy (non-hydrogen) atoms. The van der Waals surface area contributed by atoms with Crippen LogP contribution in [0.1, 0.15) is 34.3 Å². The molecule has 1 aliphatic rings. The molecule has 1 saturated heterocycles. The normalized spacial score (nSPS) is 19.7. The Labute approximate surface area is 138 Å². The Morgan fingerprint density at radius 2 is 2.09 bits per heavy atom. The third kappa shape index (κ3) is 4.54. The van der Waals surface area contributed by atoms with Crippen LogP contribution in [0.15, 0.2) is 18.2 Å². The number of ether oxygens (including phenoxy) is 1. The van der Waals surface area contributed by atoms with Crippen molar-refractivity contribution in [2.75, 3.05) is 31.8 Å². The first kappa shape index (κ1) is 17.9. The largest absolute Gasteiger partial charge is 0.385 e. The molecule has 0 radical (unpaired) electrons. The lowest BCUT2D eigenvalue weighted by Gasteiger charge is -2.29. The van der Waals surface area contributed by atoms with Gasteiger partial charge in [-0.25, -0.2) is 8.42 Å². The molecule has 1 aromatic rings. The number of carbonyl (C=O) groups is 1. The molecule has 0 N–H and O–H groups in total. The maximum atomic E-state index is 13.0. The first-order chi connectivity index (χ1) is 10.8. The second kappa shape index (κ2) is 7.45. The van der Waals surface area contributed by atoms with E-state index in [9.17, 15) is 13.2 Å². The molecule has 1 atom stereocenters. The van der Waals surface area contributed by atoms with Gasteiger partial charge < -0.3 is 9.64 Å². The van der Waals surface area contributed by atoms with Crippen molar-refractivity contribution in [2.45, 2.75) is 32.7 Å². The predicted octanol–water partition coefficient (Wildman–Crippen LogP) is 1.97. The van der Waals surface area contributed by atoms with Gasteiger partial charge in [0.15, 0.2) is 9.84 Å². The van der Waals surface area contributed by atoms with Gasteiger partial charge in [0.1, 0.15) is 0 Å². The summed E-state index contributed by atoms with van der Waals surface area (Å²) in [5.74, 6) is 0.149. The predicted molar refractivity (Wildman–Crippen MR) is 90.5 cm³/mol. The summed E-state index contributed by atoms with van der Waals surface area (Å²) in [5, 5.41) is 0. The molecule has 1 heterocycles. The summed E-state index contributed by atoms with van der Waals surface area (Å²) in [5.41, 5.74) is 2.68. The molecule has 1 unspecified atom stereocenters. The summed E-state index contributed by atoms with van der Waals surface area (Å²) in [6.07, 6.45) is 1.22. The number of nitrogens with zero attached hydrogens (tertiary/aromatic N) is 1. The highest BCUT2D eigenvalue weighted by Gasteiger charge is 2.35. The van der Waals surface area contributed by atoms with E-state index in [0.29, 0.717) is 31.6 Å². The first-order valence-electron chi connectivity index (χ1n) is 7.91. The summed E-state index contributed by atoms with van der Waals surface area (Å²) in [6, 6.07) is 5.50. The number of hydrogen-bond donors (Lipinski definition) is 0. The molecule has 1 fully saturated rings. The van der Waals surface area contributed by atoms with Crippen LogP contribution >= 0.6 is 0 Å². The van der Waals surface area contributed by atoms with E-state index in [4.69, 9.17) is 4.74 Å². The molecule has 1 aliphatic heterocycles. The minimum Gasteiger partial charge on any atom is -0.385 e. The van der Waals surface area contributed by atoms with E-state index in [1.807, 2.05) is 32.0 Å². The zero-order valence-electron chi connectivity index (χ0n) is 14.0. The quantitative estimate of drug-likeness (QED) is 0.743. The molecule has 1 amide bonds.